The number of allylic oxidation sites excluding steroid dienone is 1. The predicted octanol–water partition coefficient (Wildman–Crippen LogP) is 6.11. The van der Waals surface area contributed by atoms with Crippen LogP contribution in [0.15, 0.2) is 73.0 Å². The zero-order valence-corrected chi connectivity index (χ0v) is 22.3. The molecule has 2 aromatic heterocycles. The molecule has 8 nitrogen and oxygen atoms in total. The Morgan fingerprint density at radius 1 is 1.23 bits per heavy atom. The first-order chi connectivity index (χ1) is 22.8. The maximum Gasteiger partial charge on any atom is 0.159 e. The van der Waals surface area contributed by atoms with E-state index in [1.54, 1.807) is 31.1 Å². The number of halogens is 1. The van der Waals surface area contributed by atoms with Gasteiger partial charge in [0.05, 0.1) is 42.3 Å². The second-order valence-corrected chi connectivity index (χ2v) is 9.08. The van der Waals surface area contributed by atoms with Gasteiger partial charge in [-0.3, -0.25) is 14.8 Å². The van der Waals surface area contributed by atoms with Crippen LogP contribution in [0, 0.1) is 11.3 Å². The summed E-state index contributed by atoms with van der Waals surface area (Å²) in [5.41, 5.74) is 0.737. The van der Waals surface area contributed by atoms with E-state index in [1.165, 1.54) is 48.8 Å². The molecule has 1 N–H and O–H groups in total. The lowest BCUT2D eigenvalue weighted by molar-refractivity contribution is -0.114. The quantitative estimate of drug-likeness (QED) is 0.206. The first kappa shape index (κ1) is 18.8. The number of hydrogen-bond donors (Lipinski definition) is 1. The van der Waals surface area contributed by atoms with Gasteiger partial charge in [-0.25, -0.2) is 0 Å². The van der Waals surface area contributed by atoms with E-state index in [0.29, 0.717) is 5.69 Å². The van der Waals surface area contributed by atoms with Crippen molar-refractivity contribution in [3.63, 3.8) is 0 Å². The van der Waals surface area contributed by atoms with Crippen LogP contribution in [0.25, 0.3) is 10.9 Å². The van der Waals surface area contributed by atoms with Crippen molar-refractivity contribution in [2.45, 2.75) is 19.8 Å². The zero-order chi connectivity index (χ0) is 36.3. The molecule has 0 amide bonds. The van der Waals surface area contributed by atoms with Gasteiger partial charge in [0.1, 0.15) is 24.1 Å². The normalized spacial score (nSPS) is 15.9. The molecule has 0 fully saturated rings. The van der Waals surface area contributed by atoms with E-state index in [4.69, 9.17) is 33.4 Å². The Hall–Kier alpha value is -4.45. The maximum atomic E-state index is 13.2. The summed E-state index contributed by atoms with van der Waals surface area (Å²) in [5, 5.41) is 13.3. The molecule has 0 saturated heterocycles. The summed E-state index contributed by atoms with van der Waals surface area (Å²) in [6.07, 6.45) is 2.09. The van der Waals surface area contributed by atoms with Crippen molar-refractivity contribution in [1.29, 1.82) is 5.26 Å². The molecule has 0 aliphatic rings. The molecule has 40 heavy (non-hydrogen) atoms. The third-order valence-corrected chi connectivity index (χ3v) is 5.73. The van der Waals surface area contributed by atoms with Gasteiger partial charge in [0.25, 0.3) is 0 Å². The zero-order valence-electron chi connectivity index (χ0n) is 30.6. The van der Waals surface area contributed by atoms with Crippen molar-refractivity contribution in [3.8, 4) is 17.6 Å². The minimum atomic E-state index is -3.21. The summed E-state index contributed by atoms with van der Waals surface area (Å²) in [7, 11) is 3.33. The standard InChI is InChI=1S/C31H30ClN5O3/c1-4-39-30-17-28-26(15-21(30)14-25(38)9-7-13-37(2)3)31(22(18-33)19-35-28)36-23-10-11-29(27(32)16-23)40-20-24-8-5-6-12-34-24/h5-12,15-17,19H,4,13-14,20H2,1-3H3,(H,35,36)/b9-7+/i1D3,4D2,7D,9D,20D2. The number of ether oxygens (including phenoxy) is 2. The predicted molar refractivity (Wildman–Crippen MR) is 157 cm³/mol. The number of carbonyl (C=O) groups excluding carboxylic acids is 1. The average Bonchev–Trinajstić information content (AvgIpc) is 3.02. The van der Waals surface area contributed by atoms with Crippen molar-refractivity contribution >= 4 is 39.7 Å². The largest absolute Gasteiger partial charge is 0.494 e. The Morgan fingerprint density at radius 2 is 2.10 bits per heavy atom. The number of pyridine rings is 2. The fraction of sp³-hybridized carbons (Fsp3) is 0.226. The van der Waals surface area contributed by atoms with Gasteiger partial charge in [-0.2, -0.15) is 5.26 Å². The summed E-state index contributed by atoms with van der Waals surface area (Å²) in [4.78, 5) is 23.0. The summed E-state index contributed by atoms with van der Waals surface area (Å²) in [5.74, 6) is -1.13. The topological polar surface area (TPSA) is 100 Å². The molecule has 4 aromatic rings. The number of aromatic nitrogens is 2. The number of likely N-dealkylation sites (N-methyl/N-ethyl adjacent to an activating group) is 1. The lowest BCUT2D eigenvalue weighted by Gasteiger charge is -2.16. The molecule has 204 valence electrons. The molecule has 4 rings (SSSR count). The van der Waals surface area contributed by atoms with Crippen molar-refractivity contribution in [2.75, 3.05) is 32.5 Å². The third kappa shape index (κ3) is 7.35. The summed E-state index contributed by atoms with van der Waals surface area (Å²) in [6.45, 7) is -8.68. The molecule has 0 unspecified atom stereocenters. The second kappa shape index (κ2) is 13.6. The maximum absolute atomic E-state index is 13.2. The molecule has 9 heteroatoms. The first-order valence-electron chi connectivity index (χ1n) is 16.4. The van der Waals surface area contributed by atoms with E-state index in [9.17, 15) is 10.1 Å². The molecule has 2 aromatic carbocycles. The van der Waals surface area contributed by atoms with Crippen LogP contribution < -0.4 is 14.8 Å². The van der Waals surface area contributed by atoms with Crippen molar-refractivity contribution in [3.05, 3.63) is 94.9 Å². The van der Waals surface area contributed by atoms with Gasteiger partial charge in [0.15, 0.2) is 5.78 Å². The summed E-state index contributed by atoms with van der Waals surface area (Å²) >= 11 is 6.46. The van der Waals surface area contributed by atoms with Crippen LogP contribution in [-0.4, -0.2) is 47.9 Å². The summed E-state index contributed by atoms with van der Waals surface area (Å²) in [6, 6.07) is 12.9. The lowest BCUT2D eigenvalue weighted by atomic mass is 10.0. The van der Waals surface area contributed by atoms with Crippen LogP contribution in [0.5, 0.6) is 11.5 Å². The van der Waals surface area contributed by atoms with Gasteiger partial charge in [0, 0.05) is 52.2 Å². The molecule has 0 bridgehead atoms. The van der Waals surface area contributed by atoms with Crippen LogP contribution in [0.3, 0.4) is 0 Å². The van der Waals surface area contributed by atoms with E-state index in [2.05, 4.69) is 15.3 Å². The first-order valence-corrected chi connectivity index (χ1v) is 12.3. The molecule has 0 aliphatic heterocycles. The second-order valence-electron chi connectivity index (χ2n) is 8.67. The Kier molecular flexibility index (Phi) is 6.36. The number of anilines is 2. The van der Waals surface area contributed by atoms with E-state index in [1.807, 2.05) is 6.07 Å². The van der Waals surface area contributed by atoms with E-state index in [-0.39, 0.29) is 62.5 Å². The Labute approximate surface area is 251 Å². The van der Waals surface area contributed by atoms with Crippen molar-refractivity contribution in [2.24, 2.45) is 0 Å². The highest BCUT2D eigenvalue weighted by atomic mass is 35.5. The highest BCUT2D eigenvalue weighted by Crippen LogP contribution is 2.36. The number of carbonyl (C=O) groups is 1. The van der Waals surface area contributed by atoms with Gasteiger partial charge in [-0.1, -0.05) is 23.7 Å². The minimum absolute atomic E-state index is 0.0105. The van der Waals surface area contributed by atoms with E-state index >= 15 is 0 Å². The van der Waals surface area contributed by atoms with Gasteiger partial charge in [0.2, 0.25) is 0 Å². The van der Waals surface area contributed by atoms with Gasteiger partial charge in [-0.05, 0) is 63.4 Å². The van der Waals surface area contributed by atoms with E-state index in [0.717, 1.165) is 0 Å². The number of nitrogens with zero attached hydrogens (tertiary/aromatic N) is 4. The fourth-order valence-electron chi connectivity index (χ4n) is 3.62. The lowest BCUT2D eigenvalue weighted by Crippen LogP contribution is -2.11. The highest BCUT2D eigenvalue weighted by molar-refractivity contribution is 6.32. The number of rotatable bonds is 12. The molecule has 0 radical (unpaired) electrons. The smallest absolute Gasteiger partial charge is 0.159 e. The minimum Gasteiger partial charge on any atom is -0.494 e. The molecule has 2 heterocycles. The van der Waals surface area contributed by atoms with E-state index < -0.39 is 38.2 Å². The molecule has 0 saturated carbocycles. The summed E-state index contributed by atoms with van der Waals surface area (Å²) < 4.78 is 82.5. The van der Waals surface area contributed by atoms with Crippen molar-refractivity contribution in [1.82, 2.24) is 14.9 Å². The van der Waals surface area contributed by atoms with Crippen LogP contribution in [0.1, 0.15) is 36.0 Å². The third-order valence-electron chi connectivity index (χ3n) is 5.44. The number of nitriles is 1. The Morgan fingerprint density at radius 3 is 2.83 bits per heavy atom. The number of benzene rings is 2. The van der Waals surface area contributed by atoms with Crippen LogP contribution >= 0.6 is 11.6 Å². The Balaban J connectivity index is 1.79. The molecule has 0 spiro atoms. The SMILES string of the molecule is [2H]/C(CN(C)C)=C(/[2H])C(=O)Cc1cc2c(Nc3ccc(OC([2H])([2H])c4ccccn4)c(Cl)c3)c(C#N)cnc2cc1OC([2H])([2H])C([2H])([2H])[2H]. The van der Waals surface area contributed by atoms with Gasteiger partial charge < -0.3 is 19.7 Å². The fourth-order valence-corrected chi connectivity index (χ4v) is 3.84. The van der Waals surface area contributed by atoms with Gasteiger partial charge >= 0.3 is 0 Å². The molecule has 0 atom stereocenters. The van der Waals surface area contributed by atoms with Crippen molar-refractivity contribution < 1.29 is 26.6 Å². The van der Waals surface area contributed by atoms with Crippen LogP contribution in [0.2, 0.25) is 5.02 Å². The Bertz CT molecular complexity index is 1950. The molecule has 0 aliphatic carbocycles. The number of hydrogen-bond acceptors (Lipinski definition) is 8. The average molecular weight is 565 g/mol. The highest BCUT2D eigenvalue weighted by Gasteiger charge is 2.16. The molecular formula is C31H30ClN5O3. The number of fused-ring (bicyclic) bond motifs is 1. The monoisotopic (exact) mass is 564 g/mol. The van der Waals surface area contributed by atoms with Gasteiger partial charge in [-0.15, -0.1) is 0 Å². The number of ketones is 1. The van der Waals surface area contributed by atoms with Crippen LogP contribution in [0.4, 0.5) is 11.4 Å². The number of nitrogens with one attached hydrogen (secondary N) is 1. The van der Waals surface area contributed by atoms with Crippen LogP contribution in [-0.2, 0) is 17.8 Å². The molecular weight excluding hydrogens is 526 g/mol.